The summed E-state index contributed by atoms with van der Waals surface area (Å²) in [4.78, 5) is 40.2. The summed E-state index contributed by atoms with van der Waals surface area (Å²) in [6.45, 7) is -0.152. The maximum Gasteiger partial charge on any atom is 0.238 e. The number of Topliss-reactive ketones (excluding diaryl/α,β-unsaturated/α-hetero) is 1. The summed E-state index contributed by atoms with van der Waals surface area (Å²) < 4.78 is 10.7. The van der Waals surface area contributed by atoms with Crippen LogP contribution in [0.4, 0.5) is 5.69 Å². The van der Waals surface area contributed by atoms with Crippen LogP contribution in [-0.2, 0) is 9.59 Å². The molecule has 2 aromatic rings. The molecule has 174 valence electrons. The Morgan fingerprint density at radius 1 is 1.03 bits per heavy atom. The lowest BCUT2D eigenvalue weighted by molar-refractivity contribution is -0.138. The first-order chi connectivity index (χ1) is 16.3. The van der Waals surface area contributed by atoms with Gasteiger partial charge in [-0.05, 0) is 60.9 Å². The lowest BCUT2D eigenvalue weighted by atomic mass is 9.67. The van der Waals surface area contributed by atoms with E-state index in [0.717, 1.165) is 6.42 Å². The summed E-state index contributed by atoms with van der Waals surface area (Å²) >= 11 is 0. The van der Waals surface area contributed by atoms with Crippen LogP contribution in [0.5, 0.6) is 11.5 Å². The van der Waals surface area contributed by atoms with E-state index in [4.69, 9.17) is 9.47 Å². The third kappa shape index (κ3) is 2.14. The van der Waals surface area contributed by atoms with Crippen molar-refractivity contribution in [2.75, 3.05) is 18.6 Å². The molecule has 2 amide bonds. The van der Waals surface area contributed by atoms with Crippen molar-refractivity contribution in [2.24, 2.45) is 35.0 Å². The first-order valence-corrected chi connectivity index (χ1v) is 11.5. The van der Waals surface area contributed by atoms with Gasteiger partial charge in [-0.1, -0.05) is 0 Å². The highest BCUT2D eigenvalue weighted by molar-refractivity contribution is 6.23. The summed E-state index contributed by atoms with van der Waals surface area (Å²) in [5, 5.41) is 21.7. The molecule has 4 unspecified atom stereocenters. The zero-order valence-electron chi connectivity index (χ0n) is 18.4. The SMILES string of the molecule is COc1ccc(C(=O)COc2ccc(N3C(=O)C4C5[C@H]6CC67[C@H](C4C3=O)[C@@]7(O)[C@H]5O)cc2)cc1. The highest BCUT2D eigenvalue weighted by Gasteiger charge is 3.01. The second kappa shape index (κ2) is 6.25. The van der Waals surface area contributed by atoms with Gasteiger partial charge in [-0.15, -0.1) is 0 Å². The molecule has 0 aromatic heterocycles. The van der Waals surface area contributed by atoms with Crippen molar-refractivity contribution in [1.82, 2.24) is 0 Å². The molecule has 5 fully saturated rings. The third-order valence-electron chi connectivity index (χ3n) is 9.08. The van der Waals surface area contributed by atoms with Crippen LogP contribution >= 0.6 is 0 Å². The van der Waals surface area contributed by atoms with Gasteiger partial charge in [-0.3, -0.25) is 19.3 Å². The monoisotopic (exact) mass is 461 g/mol. The molecule has 2 aromatic carbocycles. The number of imide groups is 1. The third-order valence-corrected chi connectivity index (χ3v) is 9.08. The van der Waals surface area contributed by atoms with E-state index in [1.54, 1.807) is 55.6 Å². The molecule has 8 nitrogen and oxygen atoms in total. The quantitative estimate of drug-likeness (QED) is 0.494. The van der Waals surface area contributed by atoms with Crippen LogP contribution in [0.2, 0.25) is 0 Å². The Morgan fingerprint density at radius 3 is 2.29 bits per heavy atom. The summed E-state index contributed by atoms with van der Waals surface area (Å²) in [6.07, 6.45) is -0.113. The first kappa shape index (κ1) is 20.2. The van der Waals surface area contributed by atoms with Crippen molar-refractivity contribution >= 4 is 23.3 Å². The van der Waals surface area contributed by atoms with E-state index >= 15 is 0 Å². The van der Waals surface area contributed by atoms with E-state index in [9.17, 15) is 24.6 Å². The smallest absolute Gasteiger partial charge is 0.238 e. The number of anilines is 1. The predicted molar refractivity (Wildman–Crippen MR) is 117 cm³/mol. The van der Waals surface area contributed by atoms with Gasteiger partial charge < -0.3 is 19.7 Å². The summed E-state index contributed by atoms with van der Waals surface area (Å²) in [5.41, 5.74) is -0.589. The molecule has 7 rings (SSSR count). The van der Waals surface area contributed by atoms with Crippen molar-refractivity contribution in [2.45, 2.75) is 18.1 Å². The van der Waals surface area contributed by atoms with Gasteiger partial charge in [0.05, 0.1) is 30.7 Å². The second-order valence-electron chi connectivity index (χ2n) is 10.2. The maximum absolute atomic E-state index is 13.3. The van der Waals surface area contributed by atoms with E-state index in [-0.39, 0.29) is 47.4 Å². The Balaban J connectivity index is 1.06. The van der Waals surface area contributed by atoms with E-state index in [0.29, 0.717) is 22.7 Å². The molecule has 34 heavy (non-hydrogen) atoms. The van der Waals surface area contributed by atoms with Crippen molar-refractivity contribution < 1.29 is 34.1 Å². The number of fused-ring (bicyclic) bond motifs is 4. The Bertz CT molecular complexity index is 1240. The minimum atomic E-state index is -1.19. The highest BCUT2D eigenvalue weighted by atomic mass is 16.5. The molecule has 2 bridgehead atoms. The number of aliphatic hydroxyl groups excluding tert-OH is 1. The first-order valence-electron chi connectivity index (χ1n) is 11.5. The highest BCUT2D eigenvalue weighted by Crippen LogP contribution is 2.94. The van der Waals surface area contributed by atoms with Crippen LogP contribution in [0.15, 0.2) is 48.5 Å². The van der Waals surface area contributed by atoms with Crippen molar-refractivity contribution in [3.63, 3.8) is 0 Å². The Hall–Kier alpha value is -3.23. The van der Waals surface area contributed by atoms with Crippen LogP contribution in [-0.4, -0.2) is 53.2 Å². The summed E-state index contributed by atoms with van der Waals surface area (Å²) in [7, 11) is 1.56. The number of rotatable bonds is 6. The van der Waals surface area contributed by atoms with E-state index in [1.165, 1.54) is 4.90 Å². The van der Waals surface area contributed by atoms with Crippen LogP contribution in [0.1, 0.15) is 16.8 Å². The lowest BCUT2D eigenvalue weighted by Crippen LogP contribution is -2.49. The number of nitrogens with zero attached hydrogens (tertiary/aromatic N) is 1. The molecule has 1 saturated heterocycles. The van der Waals surface area contributed by atoms with Crippen LogP contribution in [0, 0.1) is 35.0 Å². The summed E-state index contributed by atoms with van der Waals surface area (Å²) in [6, 6.07) is 13.2. The molecule has 8 heteroatoms. The van der Waals surface area contributed by atoms with Crippen molar-refractivity contribution in [3.05, 3.63) is 54.1 Å². The molecule has 1 spiro atoms. The number of amides is 2. The van der Waals surface area contributed by atoms with Gasteiger partial charge in [-0.2, -0.15) is 0 Å². The number of carbonyl (C=O) groups excluding carboxylic acids is 3. The molecule has 1 heterocycles. The van der Waals surface area contributed by atoms with Gasteiger partial charge in [0.2, 0.25) is 11.8 Å². The number of methoxy groups -OCH3 is 1. The second-order valence-corrected chi connectivity index (χ2v) is 10.2. The molecule has 4 saturated carbocycles. The molecule has 0 radical (unpaired) electrons. The standard InChI is InChI=1S/C26H23NO7/c1-33-14-6-2-12(3-7-14)17(28)11-34-15-8-4-13(5-9-15)27-23(30)19-18-16-10-25(16)21(20(19)24(27)31)26(25,32)22(18)29/h2-9,16,18-22,29,32H,10-11H2,1H3/t16-,18?,19?,20?,21+,22+,25?,26-/m1/s1. The molecule has 8 atom stereocenters. The molecule has 4 aliphatic carbocycles. The van der Waals surface area contributed by atoms with E-state index < -0.39 is 23.5 Å². The molecular formula is C26H23NO7. The molecular weight excluding hydrogens is 438 g/mol. The fourth-order valence-electron chi connectivity index (χ4n) is 7.64. The van der Waals surface area contributed by atoms with E-state index in [2.05, 4.69) is 0 Å². The number of aliphatic hydroxyl groups is 2. The average molecular weight is 461 g/mol. The number of ketones is 1. The van der Waals surface area contributed by atoms with Crippen LogP contribution < -0.4 is 14.4 Å². The number of ether oxygens (including phenoxy) is 2. The number of hydrogen-bond acceptors (Lipinski definition) is 7. The fourth-order valence-corrected chi connectivity index (χ4v) is 7.64. The predicted octanol–water partition coefficient (Wildman–Crippen LogP) is 1.43. The van der Waals surface area contributed by atoms with Crippen molar-refractivity contribution in [1.29, 1.82) is 0 Å². The zero-order chi connectivity index (χ0) is 23.6. The van der Waals surface area contributed by atoms with Gasteiger partial charge in [0, 0.05) is 22.8 Å². The van der Waals surface area contributed by atoms with Gasteiger partial charge in [0.15, 0.2) is 12.4 Å². The van der Waals surface area contributed by atoms with Gasteiger partial charge in [0.1, 0.15) is 17.1 Å². The summed E-state index contributed by atoms with van der Waals surface area (Å²) in [5.74, 6) is -1.29. The topological polar surface area (TPSA) is 113 Å². The maximum atomic E-state index is 13.3. The normalized spacial score (nSPS) is 40.0. The molecule has 5 aliphatic rings. The number of hydrogen-bond donors (Lipinski definition) is 2. The Morgan fingerprint density at radius 2 is 1.68 bits per heavy atom. The molecule has 1 aliphatic heterocycles. The number of benzene rings is 2. The minimum Gasteiger partial charge on any atom is -0.497 e. The Labute approximate surface area is 195 Å². The van der Waals surface area contributed by atoms with Gasteiger partial charge in [-0.25, -0.2) is 0 Å². The average Bonchev–Trinajstić information content (AvgIpc) is 3.69. The molecule has 2 N–H and O–H groups in total. The van der Waals surface area contributed by atoms with Gasteiger partial charge >= 0.3 is 0 Å². The zero-order valence-corrected chi connectivity index (χ0v) is 18.4. The van der Waals surface area contributed by atoms with Crippen molar-refractivity contribution in [3.8, 4) is 11.5 Å². The van der Waals surface area contributed by atoms with Gasteiger partial charge in [0.25, 0.3) is 0 Å². The minimum absolute atomic E-state index is 0.148. The fraction of sp³-hybridized carbons (Fsp3) is 0.423. The lowest BCUT2D eigenvalue weighted by Gasteiger charge is -2.37. The van der Waals surface area contributed by atoms with E-state index in [1.807, 2.05) is 0 Å². The Kier molecular flexibility index (Phi) is 3.71. The number of carbonyl (C=O) groups is 3. The van der Waals surface area contributed by atoms with Crippen LogP contribution in [0.25, 0.3) is 0 Å². The largest absolute Gasteiger partial charge is 0.497 e. The van der Waals surface area contributed by atoms with Crippen LogP contribution in [0.3, 0.4) is 0 Å².